The van der Waals surface area contributed by atoms with E-state index in [2.05, 4.69) is 25.5 Å². The number of nitrogens with zero attached hydrogens (tertiary/aromatic N) is 4. The molecule has 6 nitrogen and oxygen atoms in total. The Bertz CT molecular complexity index is 723. The lowest BCUT2D eigenvalue weighted by Crippen LogP contribution is -2.19. The maximum Gasteiger partial charge on any atom is 0.264 e. The lowest BCUT2D eigenvalue weighted by molar-refractivity contribution is -0.115. The fraction of sp³-hybridized carbons (Fsp3) is 0.154. The van der Waals surface area contributed by atoms with Gasteiger partial charge in [0, 0.05) is 12.4 Å². The summed E-state index contributed by atoms with van der Waals surface area (Å²) in [7, 11) is 0. The Labute approximate surface area is 129 Å². The van der Waals surface area contributed by atoms with Crippen molar-refractivity contribution in [3.8, 4) is 0 Å². The van der Waals surface area contributed by atoms with Crippen molar-refractivity contribution in [2.75, 3.05) is 0 Å². The summed E-state index contributed by atoms with van der Waals surface area (Å²) in [4.78, 5) is 20.8. The lowest BCUT2D eigenvalue weighted by atomic mass is 10.2. The Morgan fingerprint density at radius 1 is 1.43 bits per heavy atom. The predicted molar refractivity (Wildman–Crippen MR) is 84.3 cm³/mol. The van der Waals surface area contributed by atoms with E-state index in [-0.39, 0.29) is 5.91 Å². The number of hydrogen-bond acceptors (Lipinski definition) is 7. The van der Waals surface area contributed by atoms with Gasteiger partial charge < -0.3 is 5.32 Å². The molecular formula is C13H11N5OS2. The van der Waals surface area contributed by atoms with Crippen molar-refractivity contribution in [3.63, 3.8) is 0 Å². The summed E-state index contributed by atoms with van der Waals surface area (Å²) in [6.45, 7) is 2.01. The monoisotopic (exact) mass is 317 g/mol. The van der Waals surface area contributed by atoms with Crippen LogP contribution in [0.1, 0.15) is 17.5 Å². The zero-order chi connectivity index (χ0) is 14.7. The number of aromatic nitrogens is 3. The summed E-state index contributed by atoms with van der Waals surface area (Å²) < 4.78 is 0. The van der Waals surface area contributed by atoms with E-state index in [1.165, 1.54) is 23.1 Å². The van der Waals surface area contributed by atoms with E-state index in [4.69, 9.17) is 0 Å². The molecule has 0 saturated carbocycles. The van der Waals surface area contributed by atoms with Crippen LogP contribution < -0.4 is 5.32 Å². The highest BCUT2D eigenvalue weighted by Crippen LogP contribution is 2.28. The fourth-order valence-electron chi connectivity index (χ4n) is 1.61. The third-order valence-corrected chi connectivity index (χ3v) is 4.46. The summed E-state index contributed by atoms with van der Waals surface area (Å²) in [5.41, 5.74) is 0.876. The zero-order valence-electron chi connectivity index (χ0n) is 11.1. The van der Waals surface area contributed by atoms with E-state index in [1.807, 2.05) is 19.1 Å². The summed E-state index contributed by atoms with van der Waals surface area (Å²) >= 11 is 2.71. The van der Waals surface area contributed by atoms with Gasteiger partial charge in [0.15, 0.2) is 5.17 Å². The van der Waals surface area contributed by atoms with Crippen molar-refractivity contribution in [2.24, 2.45) is 4.99 Å². The largest absolute Gasteiger partial charge is 0.300 e. The van der Waals surface area contributed by atoms with Crippen molar-refractivity contribution >= 4 is 45.4 Å². The molecule has 1 N–H and O–H groups in total. The van der Waals surface area contributed by atoms with Crippen LogP contribution in [0.4, 0.5) is 5.13 Å². The van der Waals surface area contributed by atoms with Crippen molar-refractivity contribution in [2.45, 2.75) is 13.3 Å². The molecular weight excluding hydrogens is 306 g/mol. The molecule has 3 heterocycles. The van der Waals surface area contributed by atoms with Crippen LogP contribution in [0, 0.1) is 0 Å². The van der Waals surface area contributed by atoms with Crippen molar-refractivity contribution in [1.29, 1.82) is 0 Å². The number of carbonyl (C=O) groups is 1. The van der Waals surface area contributed by atoms with Crippen LogP contribution >= 0.6 is 23.1 Å². The van der Waals surface area contributed by atoms with Gasteiger partial charge in [0.05, 0.1) is 4.91 Å². The van der Waals surface area contributed by atoms with Crippen LogP contribution in [0.25, 0.3) is 6.08 Å². The van der Waals surface area contributed by atoms with E-state index < -0.39 is 0 Å². The molecule has 0 atom stereocenters. The number of nitrogens with one attached hydrogen (secondary N) is 1. The quantitative estimate of drug-likeness (QED) is 0.879. The topological polar surface area (TPSA) is 80.1 Å². The number of carbonyl (C=O) groups excluding carboxylic acids is 1. The maximum atomic E-state index is 11.9. The number of amides is 1. The third kappa shape index (κ3) is 3.34. The van der Waals surface area contributed by atoms with Crippen LogP contribution in [-0.4, -0.2) is 26.3 Å². The Balaban J connectivity index is 1.79. The number of hydrogen-bond donors (Lipinski definition) is 1. The molecule has 8 heteroatoms. The Morgan fingerprint density at radius 2 is 2.33 bits per heavy atom. The van der Waals surface area contributed by atoms with Crippen LogP contribution in [0.15, 0.2) is 34.4 Å². The smallest absolute Gasteiger partial charge is 0.264 e. The Hall–Kier alpha value is -2.06. The van der Waals surface area contributed by atoms with Gasteiger partial charge in [-0.25, -0.2) is 0 Å². The molecule has 2 aromatic rings. The molecule has 1 fully saturated rings. The van der Waals surface area contributed by atoms with Gasteiger partial charge in [0.1, 0.15) is 5.01 Å². The van der Waals surface area contributed by atoms with Gasteiger partial charge in [-0.05, 0) is 35.9 Å². The third-order valence-electron chi connectivity index (χ3n) is 2.59. The van der Waals surface area contributed by atoms with Crippen LogP contribution in [-0.2, 0) is 11.2 Å². The van der Waals surface area contributed by atoms with Crippen LogP contribution in [0.3, 0.4) is 0 Å². The molecule has 1 saturated heterocycles. The molecule has 106 valence electrons. The first-order valence-corrected chi connectivity index (χ1v) is 7.90. The highest BCUT2D eigenvalue weighted by atomic mass is 32.2. The summed E-state index contributed by atoms with van der Waals surface area (Å²) in [5.74, 6) is -0.164. The number of pyridine rings is 1. The van der Waals surface area contributed by atoms with Gasteiger partial charge in [-0.1, -0.05) is 24.3 Å². The first kappa shape index (κ1) is 13.9. The number of aryl methyl sites for hydroxylation is 1. The van der Waals surface area contributed by atoms with Crippen LogP contribution in [0.5, 0.6) is 0 Å². The number of amidine groups is 1. The predicted octanol–water partition coefficient (Wildman–Crippen LogP) is 2.39. The number of thioether (sulfide) groups is 1. The second-order valence-electron chi connectivity index (χ2n) is 4.10. The van der Waals surface area contributed by atoms with Crippen molar-refractivity contribution < 1.29 is 4.79 Å². The molecule has 0 aliphatic carbocycles. The van der Waals surface area contributed by atoms with Gasteiger partial charge in [-0.3, -0.25) is 9.78 Å². The molecule has 0 radical (unpaired) electrons. The van der Waals surface area contributed by atoms with Gasteiger partial charge in [-0.15, -0.1) is 10.2 Å². The van der Waals surface area contributed by atoms with Crippen LogP contribution in [0.2, 0.25) is 0 Å². The minimum absolute atomic E-state index is 0.164. The lowest BCUT2D eigenvalue weighted by Gasteiger charge is -1.92. The molecule has 21 heavy (non-hydrogen) atoms. The number of aliphatic imine (C=N–C) groups is 1. The standard InChI is InChI=1S/C13H11N5OS2/c1-2-10-17-18-13(21-10)16-12-15-11(19)9(20-12)6-8-4-3-5-14-7-8/h3-7H,2H2,1H3,(H,15,16,18,19)/b9-6-. The minimum atomic E-state index is -0.164. The second kappa shape index (κ2) is 6.15. The molecule has 0 unspecified atom stereocenters. The van der Waals surface area contributed by atoms with Crippen molar-refractivity contribution in [1.82, 2.24) is 20.5 Å². The molecule has 1 aliphatic rings. The average Bonchev–Trinajstić information content (AvgIpc) is 3.08. The second-order valence-corrected chi connectivity index (χ2v) is 6.17. The van der Waals surface area contributed by atoms with Gasteiger partial charge in [-0.2, -0.15) is 4.99 Å². The first-order valence-electron chi connectivity index (χ1n) is 6.26. The van der Waals surface area contributed by atoms with E-state index in [0.717, 1.165) is 17.0 Å². The van der Waals surface area contributed by atoms with E-state index >= 15 is 0 Å². The highest BCUT2D eigenvalue weighted by molar-refractivity contribution is 8.18. The highest BCUT2D eigenvalue weighted by Gasteiger charge is 2.24. The van der Waals surface area contributed by atoms with E-state index in [0.29, 0.717) is 15.2 Å². The van der Waals surface area contributed by atoms with Gasteiger partial charge in [0.25, 0.3) is 5.91 Å². The van der Waals surface area contributed by atoms with Crippen molar-refractivity contribution in [3.05, 3.63) is 40.0 Å². The molecule has 1 amide bonds. The zero-order valence-corrected chi connectivity index (χ0v) is 12.7. The Kier molecular flexibility index (Phi) is 4.07. The van der Waals surface area contributed by atoms with Gasteiger partial charge >= 0.3 is 0 Å². The molecule has 1 aliphatic heterocycles. The molecule has 2 aromatic heterocycles. The fourth-order valence-corrected chi connectivity index (χ4v) is 3.15. The molecule has 0 bridgehead atoms. The minimum Gasteiger partial charge on any atom is -0.300 e. The molecule has 0 spiro atoms. The average molecular weight is 317 g/mol. The first-order chi connectivity index (χ1) is 10.2. The maximum absolute atomic E-state index is 11.9. The SMILES string of the molecule is CCc1nnc(/N=C2\NC(=O)/C(=C/c3cccnc3)S2)s1. The summed E-state index contributed by atoms with van der Waals surface area (Å²) in [5, 5.41) is 12.7. The molecule has 3 rings (SSSR count). The normalized spacial score (nSPS) is 18.4. The van der Waals surface area contributed by atoms with E-state index in [1.54, 1.807) is 18.5 Å². The molecule has 0 aromatic carbocycles. The number of rotatable bonds is 3. The Morgan fingerprint density at radius 3 is 3.05 bits per heavy atom. The van der Waals surface area contributed by atoms with Gasteiger partial charge in [0.2, 0.25) is 5.13 Å². The summed E-state index contributed by atoms with van der Waals surface area (Å²) in [6, 6.07) is 3.72. The summed E-state index contributed by atoms with van der Waals surface area (Å²) in [6.07, 6.45) is 6.01. The van der Waals surface area contributed by atoms with E-state index in [9.17, 15) is 4.79 Å².